The smallest absolute Gasteiger partial charge is 0.329 e. The summed E-state index contributed by atoms with van der Waals surface area (Å²) in [6.45, 7) is 1.39. The molecular weight excluding hydrogens is 230 g/mol. The van der Waals surface area contributed by atoms with Crippen LogP contribution in [0.3, 0.4) is 0 Å². The third kappa shape index (κ3) is 3.55. The van der Waals surface area contributed by atoms with Gasteiger partial charge in [0.15, 0.2) is 0 Å². The monoisotopic (exact) mass is 251 g/mol. The molecule has 5 heteroatoms. The van der Waals surface area contributed by atoms with E-state index in [2.05, 4.69) is 10.5 Å². The lowest BCUT2D eigenvalue weighted by Gasteiger charge is -2.13. The lowest BCUT2D eigenvalue weighted by atomic mass is 10.2. The molecule has 1 saturated heterocycles. The van der Waals surface area contributed by atoms with Crippen LogP contribution in [-0.4, -0.2) is 35.5 Å². The standard InChI is InChI=1S/C13H21N3O2/c17-12(13(18)16-9-5-6-10-16)15-14-11-7-3-1-2-4-8-11/h1-10H2,(H,15,17). The Morgan fingerprint density at radius 3 is 2.17 bits per heavy atom. The zero-order valence-electron chi connectivity index (χ0n) is 10.8. The van der Waals surface area contributed by atoms with Gasteiger partial charge in [0.2, 0.25) is 0 Å². The highest BCUT2D eigenvalue weighted by molar-refractivity contribution is 6.35. The van der Waals surface area contributed by atoms with Crippen molar-refractivity contribution in [1.82, 2.24) is 10.3 Å². The van der Waals surface area contributed by atoms with Gasteiger partial charge < -0.3 is 4.90 Å². The maximum atomic E-state index is 11.7. The number of carbonyl (C=O) groups is 2. The van der Waals surface area contributed by atoms with Crippen LogP contribution in [0.1, 0.15) is 51.4 Å². The molecule has 5 nitrogen and oxygen atoms in total. The summed E-state index contributed by atoms with van der Waals surface area (Å²) >= 11 is 0. The van der Waals surface area contributed by atoms with E-state index in [1.165, 1.54) is 12.8 Å². The molecule has 100 valence electrons. The van der Waals surface area contributed by atoms with Crippen molar-refractivity contribution >= 4 is 17.5 Å². The van der Waals surface area contributed by atoms with Gasteiger partial charge in [-0.15, -0.1) is 0 Å². The van der Waals surface area contributed by atoms with Gasteiger partial charge in [0.05, 0.1) is 0 Å². The molecule has 0 aromatic heterocycles. The van der Waals surface area contributed by atoms with Crippen molar-refractivity contribution < 1.29 is 9.59 Å². The number of nitrogens with zero attached hydrogens (tertiary/aromatic N) is 2. The van der Waals surface area contributed by atoms with Gasteiger partial charge in [0.25, 0.3) is 0 Å². The lowest BCUT2D eigenvalue weighted by Crippen LogP contribution is -2.40. The number of amides is 2. The fourth-order valence-corrected chi connectivity index (χ4v) is 2.49. The van der Waals surface area contributed by atoms with Crippen molar-refractivity contribution in [2.75, 3.05) is 13.1 Å². The molecule has 2 rings (SSSR count). The second-order valence-corrected chi connectivity index (χ2v) is 5.03. The van der Waals surface area contributed by atoms with Gasteiger partial charge >= 0.3 is 11.8 Å². The summed E-state index contributed by atoms with van der Waals surface area (Å²) in [5.41, 5.74) is 3.44. The summed E-state index contributed by atoms with van der Waals surface area (Å²) in [7, 11) is 0. The van der Waals surface area contributed by atoms with Gasteiger partial charge in [0, 0.05) is 18.8 Å². The lowest BCUT2D eigenvalue weighted by molar-refractivity contribution is -0.145. The number of hydrogen-bond donors (Lipinski definition) is 1. The van der Waals surface area contributed by atoms with Gasteiger partial charge in [-0.3, -0.25) is 9.59 Å². The van der Waals surface area contributed by atoms with Crippen LogP contribution in [0.5, 0.6) is 0 Å². The highest BCUT2D eigenvalue weighted by Crippen LogP contribution is 2.14. The molecule has 1 heterocycles. The first-order valence-corrected chi connectivity index (χ1v) is 6.92. The number of likely N-dealkylation sites (tertiary alicyclic amines) is 1. The van der Waals surface area contributed by atoms with Gasteiger partial charge in [-0.1, -0.05) is 12.8 Å². The van der Waals surface area contributed by atoms with Crippen molar-refractivity contribution in [3.05, 3.63) is 0 Å². The fourth-order valence-electron chi connectivity index (χ4n) is 2.49. The number of carbonyl (C=O) groups excluding carboxylic acids is 2. The number of hydrazone groups is 1. The summed E-state index contributed by atoms with van der Waals surface area (Å²) in [6, 6.07) is 0. The zero-order valence-corrected chi connectivity index (χ0v) is 10.8. The molecule has 0 bridgehead atoms. The molecule has 0 aromatic rings. The Labute approximate surface area is 108 Å². The predicted molar refractivity (Wildman–Crippen MR) is 69.1 cm³/mol. The van der Waals surface area contributed by atoms with Crippen molar-refractivity contribution in [3.8, 4) is 0 Å². The Morgan fingerprint density at radius 2 is 1.56 bits per heavy atom. The van der Waals surface area contributed by atoms with Crippen LogP contribution in [0.2, 0.25) is 0 Å². The summed E-state index contributed by atoms with van der Waals surface area (Å²) in [6.07, 6.45) is 8.61. The SMILES string of the molecule is O=C(NN=C1CCCCCC1)C(=O)N1CCCC1. The first kappa shape index (κ1) is 13.1. The molecule has 1 saturated carbocycles. The molecule has 0 spiro atoms. The van der Waals surface area contributed by atoms with Gasteiger partial charge in [-0.25, -0.2) is 5.43 Å². The van der Waals surface area contributed by atoms with E-state index < -0.39 is 11.8 Å². The van der Waals surface area contributed by atoms with E-state index in [0.717, 1.165) is 44.2 Å². The first-order chi connectivity index (χ1) is 8.77. The van der Waals surface area contributed by atoms with Crippen LogP contribution in [-0.2, 0) is 9.59 Å². The summed E-state index contributed by atoms with van der Waals surface area (Å²) in [5, 5.41) is 4.11. The van der Waals surface area contributed by atoms with E-state index in [4.69, 9.17) is 0 Å². The molecule has 0 radical (unpaired) electrons. The topological polar surface area (TPSA) is 61.8 Å². The van der Waals surface area contributed by atoms with Gasteiger partial charge in [-0.2, -0.15) is 5.10 Å². The minimum atomic E-state index is -0.589. The van der Waals surface area contributed by atoms with Crippen LogP contribution in [0, 0.1) is 0 Å². The van der Waals surface area contributed by atoms with Crippen LogP contribution in [0.4, 0.5) is 0 Å². The Kier molecular flexibility index (Phi) is 4.73. The molecule has 1 N–H and O–H groups in total. The minimum Gasteiger partial charge on any atom is -0.334 e. The molecule has 2 amide bonds. The third-order valence-corrected chi connectivity index (χ3v) is 3.58. The Balaban J connectivity index is 1.82. The molecule has 0 atom stereocenters. The molecule has 18 heavy (non-hydrogen) atoms. The van der Waals surface area contributed by atoms with Crippen LogP contribution >= 0.6 is 0 Å². The average Bonchev–Trinajstić information content (AvgIpc) is 2.79. The minimum absolute atomic E-state index is 0.439. The Morgan fingerprint density at radius 1 is 0.944 bits per heavy atom. The van der Waals surface area contributed by atoms with E-state index in [0.29, 0.717) is 13.1 Å². The number of rotatable bonds is 1. The number of nitrogens with one attached hydrogen (secondary N) is 1. The van der Waals surface area contributed by atoms with Gasteiger partial charge in [0.1, 0.15) is 0 Å². The van der Waals surface area contributed by atoms with E-state index >= 15 is 0 Å². The average molecular weight is 251 g/mol. The van der Waals surface area contributed by atoms with Crippen LogP contribution in [0.25, 0.3) is 0 Å². The third-order valence-electron chi connectivity index (χ3n) is 3.58. The van der Waals surface area contributed by atoms with E-state index in [1.54, 1.807) is 4.90 Å². The van der Waals surface area contributed by atoms with Crippen molar-refractivity contribution in [1.29, 1.82) is 0 Å². The summed E-state index contributed by atoms with van der Waals surface area (Å²) < 4.78 is 0. The fraction of sp³-hybridized carbons (Fsp3) is 0.769. The predicted octanol–water partition coefficient (Wildman–Crippen LogP) is 1.44. The van der Waals surface area contributed by atoms with Crippen molar-refractivity contribution in [2.45, 2.75) is 51.4 Å². The quantitative estimate of drug-likeness (QED) is 0.435. The second kappa shape index (κ2) is 6.52. The molecule has 1 aliphatic carbocycles. The van der Waals surface area contributed by atoms with Crippen LogP contribution in [0.15, 0.2) is 5.10 Å². The highest BCUT2D eigenvalue weighted by atomic mass is 16.2. The van der Waals surface area contributed by atoms with E-state index in [1.807, 2.05) is 0 Å². The largest absolute Gasteiger partial charge is 0.334 e. The molecule has 0 unspecified atom stereocenters. The second-order valence-electron chi connectivity index (χ2n) is 5.03. The molecule has 2 fully saturated rings. The normalized spacial score (nSPS) is 20.4. The maximum Gasteiger partial charge on any atom is 0.329 e. The van der Waals surface area contributed by atoms with E-state index in [9.17, 15) is 9.59 Å². The highest BCUT2D eigenvalue weighted by Gasteiger charge is 2.24. The van der Waals surface area contributed by atoms with Crippen molar-refractivity contribution in [3.63, 3.8) is 0 Å². The maximum absolute atomic E-state index is 11.7. The van der Waals surface area contributed by atoms with E-state index in [-0.39, 0.29) is 0 Å². The van der Waals surface area contributed by atoms with Crippen molar-refractivity contribution in [2.24, 2.45) is 5.10 Å². The number of hydrogen-bond acceptors (Lipinski definition) is 3. The summed E-state index contributed by atoms with van der Waals surface area (Å²) in [4.78, 5) is 25.0. The Hall–Kier alpha value is -1.39. The molecule has 0 aromatic carbocycles. The van der Waals surface area contributed by atoms with Crippen LogP contribution < -0.4 is 5.43 Å². The van der Waals surface area contributed by atoms with Gasteiger partial charge in [-0.05, 0) is 38.5 Å². The zero-order chi connectivity index (χ0) is 12.8. The molecule has 2 aliphatic rings. The summed E-state index contributed by atoms with van der Waals surface area (Å²) in [5.74, 6) is -1.03. The molecular formula is C13H21N3O2. The Bertz CT molecular complexity index is 336. The first-order valence-electron chi connectivity index (χ1n) is 6.92. The molecule has 1 aliphatic heterocycles.